The summed E-state index contributed by atoms with van der Waals surface area (Å²) < 4.78 is 5.09. The molecule has 0 atom stereocenters. The molecule has 0 saturated carbocycles. The molecule has 0 saturated heterocycles. The van der Waals surface area contributed by atoms with E-state index in [2.05, 4.69) is 15.1 Å². The van der Waals surface area contributed by atoms with E-state index in [1.54, 1.807) is 12.1 Å². The molecule has 0 aliphatic carbocycles. The quantitative estimate of drug-likeness (QED) is 0.783. The van der Waals surface area contributed by atoms with Crippen molar-refractivity contribution < 1.29 is 4.52 Å². The molecule has 0 N–H and O–H groups in total. The van der Waals surface area contributed by atoms with E-state index in [-0.39, 0.29) is 0 Å². The number of aromatic nitrogens is 3. The second kappa shape index (κ2) is 4.72. The van der Waals surface area contributed by atoms with E-state index in [0.29, 0.717) is 29.5 Å². The van der Waals surface area contributed by atoms with Crippen LogP contribution in [-0.2, 0) is 6.54 Å². The van der Waals surface area contributed by atoms with E-state index >= 15 is 0 Å². The fourth-order valence-corrected chi connectivity index (χ4v) is 1.29. The van der Waals surface area contributed by atoms with E-state index < -0.39 is 0 Å². The van der Waals surface area contributed by atoms with E-state index in [4.69, 9.17) is 9.78 Å². The number of nitrogens with zero attached hydrogens (tertiary/aromatic N) is 5. The highest BCUT2D eigenvalue weighted by molar-refractivity contribution is 5.47. The normalized spacial score (nSPS) is 10.5. The van der Waals surface area contributed by atoms with Gasteiger partial charge in [-0.1, -0.05) is 5.16 Å². The van der Waals surface area contributed by atoms with Gasteiger partial charge in [0.05, 0.1) is 12.1 Å². The molecular formula is C11H11N5O. The van der Waals surface area contributed by atoms with Crippen LogP contribution in [0.5, 0.6) is 0 Å². The van der Waals surface area contributed by atoms with Gasteiger partial charge in [-0.25, -0.2) is 4.98 Å². The molecule has 0 spiro atoms. The van der Waals surface area contributed by atoms with E-state index in [1.165, 1.54) is 6.20 Å². The summed E-state index contributed by atoms with van der Waals surface area (Å²) in [6.45, 7) is 0.611. The van der Waals surface area contributed by atoms with Crippen LogP contribution in [0.3, 0.4) is 0 Å². The van der Waals surface area contributed by atoms with Crippen LogP contribution < -0.4 is 0 Å². The van der Waals surface area contributed by atoms with Crippen LogP contribution in [0, 0.1) is 11.3 Å². The molecule has 0 aliphatic heterocycles. The Morgan fingerprint density at radius 3 is 2.82 bits per heavy atom. The van der Waals surface area contributed by atoms with Crippen molar-refractivity contribution in [3.63, 3.8) is 0 Å². The molecule has 6 nitrogen and oxygen atoms in total. The molecule has 0 aliphatic rings. The number of rotatable bonds is 3. The average Bonchev–Trinajstić information content (AvgIpc) is 2.77. The number of hydrogen-bond acceptors (Lipinski definition) is 6. The number of hydrogen-bond donors (Lipinski definition) is 0. The molecule has 86 valence electrons. The lowest BCUT2D eigenvalue weighted by Crippen LogP contribution is -2.11. The maximum absolute atomic E-state index is 8.66. The second-order valence-electron chi connectivity index (χ2n) is 3.80. The number of nitriles is 1. The van der Waals surface area contributed by atoms with Crippen LogP contribution in [0.15, 0.2) is 22.9 Å². The van der Waals surface area contributed by atoms with Gasteiger partial charge in [0.2, 0.25) is 0 Å². The van der Waals surface area contributed by atoms with E-state index in [9.17, 15) is 0 Å². The molecule has 2 aromatic rings. The van der Waals surface area contributed by atoms with Gasteiger partial charge in [0.1, 0.15) is 11.8 Å². The summed E-state index contributed by atoms with van der Waals surface area (Å²) in [4.78, 5) is 10.2. The van der Waals surface area contributed by atoms with Crippen molar-refractivity contribution in [1.82, 2.24) is 20.0 Å². The zero-order valence-electron chi connectivity index (χ0n) is 9.58. The zero-order chi connectivity index (χ0) is 12.3. The lowest BCUT2D eigenvalue weighted by Gasteiger charge is -2.03. The molecular weight excluding hydrogens is 218 g/mol. The van der Waals surface area contributed by atoms with Gasteiger partial charge in [-0.2, -0.15) is 10.2 Å². The number of pyridine rings is 1. The molecule has 0 amide bonds. The minimum absolute atomic E-state index is 0.367. The SMILES string of the molecule is CN(C)Cc1noc(-c2ccc(C#N)cn2)n1. The summed E-state index contributed by atoms with van der Waals surface area (Å²) in [5.74, 6) is 0.975. The highest BCUT2D eigenvalue weighted by Gasteiger charge is 2.10. The Balaban J connectivity index is 2.22. The smallest absolute Gasteiger partial charge is 0.276 e. The Bertz CT molecular complexity index is 538. The molecule has 0 unspecified atom stereocenters. The van der Waals surface area contributed by atoms with Gasteiger partial charge >= 0.3 is 0 Å². The monoisotopic (exact) mass is 229 g/mol. The van der Waals surface area contributed by atoms with Gasteiger partial charge in [0.15, 0.2) is 5.82 Å². The molecule has 0 fully saturated rings. The Labute approximate surface area is 98.5 Å². The Morgan fingerprint density at radius 2 is 2.24 bits per heavy atom. The lowest BCUT2D eigenvalue weighted by molar-refractivity contribution is 0.365. The van der Waals surface area contributed by atoms with Crippen LogP contribution in [0.1, 0.15) is 11.4 Å². The molecule has 0 radical (unpaired) electrons. The third-order valence-corrected chi connectivity index (χ3v) is 2.04. The summed E-state index contributed by atoms with van der Waals surface area (Å²) in [5.41, 5.74) is 1.07. The van der Waals surface area contributed by atoms with Gasteiger partial charge in [0, 0.05) is 6.20 Å². The molecule has 0 bridgehead atoms. The first-order chi connectivity index (χ1) is 8.19. The van der Waals surface area contributed by atoms with Crippen LogP contribution in [0.4, 0.5) is 0 Å². The van der Waals surface area contributed by atoms with Crippen molar-refractivity contribution in [3.8, 4) is 17.7 Å². The first-order valence-electron chi connectivity index (χ1n) is 5.03. The van der Waals surface area contributed by atoms with Gasteiger partial charge < -0.3 is 9.42 Å². The largest absolute Gasteiger partial charge is 0.332 e. The maximum Gasteiger partial charge on any atom is 0.276 e. The molecule has 2 rings (SSSR count). The van der Waals surface area contributed by atoms with Crippen molar-refractivity contribution in [2.24, 2.45) is 0 Å². The Morgan fingerprint density at radius 1 is 1.41 bits per heavy atom. The summed E-state index contributed by atoms with van der Waals surface area (Å²) in [6.07, 6.45) is 1.48. The zero-order valence-corrected chi connectivity index (χ0v) is 9.58. The van der Waals surface area contributed by atoms with Crippen LogP contribution in [-0.4, -0.2) is 34.1 Å². The van der Waals surface area contributed by atoms with Gasteiger partial charge in [-0.15, -0.1) is 0 Å². The van der Waals surface area contributed by atoms with Gasteiger partial charge in [0.25, 0.3) is 5.89 Å². The maximum atomic E-state index is 8.66. The Kier molecular flexibility index (Phi) is 3.12. The molecule has 2 heterocycles. The molecule has 2 aromatic heterocycles. The topological polar surface area (TPSA) is 78.8 Å². The Hall–Kier alpha value is -2.26. The highest BCUT2D eigenvalue weighted by atomic mass is 16.5. The molecule has 0 aromatic carbocycles. The van der Waals surface area contributed by atoms with E-state index in [1.807, 2.05) is 25.1 Å². The highest BCUT2D eigenvalue weighted by Crippen LogP contribution is 2.14. The summed E-state index contributed by atoms with van der Waals surface area (Å²) >= 11 is 0. The molecule has 17 heavy (non-hydrogen) atoms. The standard InChI is InChI=1S/C11H11N5O/c1-16(2)7-10-14-11(17-15-10)9-4-3-8(5-12)6-13-9/h3-4,6H,7H2,1-2H3. The lowest BCUT2D eigenvalue weighted by atomic mass is 10.3. The van der Waals surface area contributed by atoms with Crippen LogP contribution in [0.2, 0.25) is 0 Å². The summed E-state index contributed by atoms with van der Waals surface area (Å²) in [6, 6.07) is 5.35. The first kappa shape index (κ1) is 11.2. The van der Waals surface area contributed by atoms with Crippen LogP contribution in [0.25, 0.3) is 11.6 Å². The van der Waals surface area contributed by atoms with Crippen molar-refractivity contribution in [2.75, 3.05) is 14.1 Å². The average molecular weight is 229 g/mol. The minimum atomic E-state index is 0.367. The van der Waals surface area contributed by atoms with Crippen molar-refractivity contribution >= 4 is 0 Å². The second-order valence-corrected chi connectivity index (χ2v) is 3.80. The predicted octanol–water partition coefficient (Wildman–Crippen LogP) is 1.06. The van der Waals surface area contributed by atoms with Gasteiger partial charge in [-0.05, 0) is 26.2 Å². The summed E-state index contributed by atoms with van der Waals surface area (Å²) in [7, 11) is 3.85. The van der Waals surface area contributed by atoms with Gasteiger partial charge in [-0.3, -0.25) is 0 Å². The van der Waals surface area contributed by atoms with Crippen molar-refractivity contribution in [1.29, 1.82) is 5.26 Å². The van der Waals surface area contributed by atoms with Crippen molar-refractivity contribution in [2.45, 2.75) is 6.54 Å². The summed E-state index contributed by atoms with van der Waals surface area (Å²) in [5, 5.41) is 12.5. The van der Waals surface area contributed by atoms with E-state index in [0.717, 1.165) is 0 Å². The molecule has 6 heteroatoms. The first-order valence-corrected chi connectivity index (χ1v) is 5.03. The fourth-order valence-electron chi connectivity index (χ4n) is 1.29. The van der Waals surface area contributed by atoms with Crippen LogP contribution >= 0.6 is 0 Å². The third kappa shape index (κ3) is 2.65. The predicted molar refractivity (Wildman–Crippen MR) is 59.6 cm³/mol. The fraction of sp³-hybridized carbons (Fsp3) is 0.273. The third-order valence-electron chi connectivity index (χ3n) is 2.04. The van der Waals surface area contributed by atoms with Crippen molar-refractivity contribution in [3.05, 3.63) is 29.7 Å². The minimum Gasteiger partial charge on any atom is -0.332 e.